The van der Waals surface area contributed by atoms with E-state index >= 15 is 0 Å². The van der Waals surface area contributed by atoms with Crippen LogP contribution in [0.1, 0.15) is 0 Å². The standard InChI is InChI=1S/C3HI2O3/c4-1-2(6)8-3(7)5-1/h1H/q-1. The molecule has 8 heavy (non-hydrogen) atoms. The van der Waals surface area contributed by atoms with Crippen LogP contribution in [-0.4, -0.2) is 11.9 Å². The van der Waals surface area contributed by atoms with Gasteiger partial charge in [0, 0.05) is 0 Å². The van der Waals surface area contributed by atoms with Crippen molar-refractivity contribution in [2.45, 2.75) is 1.93 Å². The van der Waals surface area contributed by atoms with Crippen molar-refractivity contribution in [2.75, 3.05) is 0 Å². The van der Waals surface area contributed by atoms with E-state index < -0.39 is 21.2 Å². The molecule has 46 valence electrons. The number of halogens is 2. The normalized spacial score (nSPS) is 29.4. The second-order valence-corrected chi connectivity index (χ2v) is 7.45. The SMILES string of the molecule is O=C1OC(=O)C(I)[I-]1. The van der Waals surface area contributed by atoms with Crippen LogP contribution in [0.2, 0.25) is 0 Å². The second kappa shape index (κ2) is 2.46. The maximum atomic E-state index is 10.4. The molecule has 0 aromatic rings. The third kappa shape index (κ3) is 1.30. The third-order valence-electron chi connectivity index (χ3n) is 0.544. The van der Waals surface area contributed by atoms with Gasteiger partial charge in [-0.1, -0.05) is 0 Å². The minimum absolute atomic E-state index is 0.140. The molecule has 0 bridgehead atoms. The van der Waals surface area contributed by atoms with Crippen molar-refractivity contribution in [1.82, 2.24) is 0 Å². The Labute approximate surface area is 69.5 Å². The first-order chi connectivity index (χ1) is 3.70. The molecular formula is C3HI2O3-. The van der Waals surface area contributed by atoms with Gasteiger partial charge < -0.3 is 0 Å². The number of rotatable bonds is 0. The summed E-state index contributed by atoms with van der Waals surface area (Å²) in [5.74, 6) is -0.358. The molecule has 5 heteroatoms. The Balaban J connectivity index is 2.64. The van der Waals surface area contributed by atoms with Crippen LogP contribution in [0.5, 0.6) is 0 Å². The molecule has 1 aliphatic rings. The van der Waals surface area contributed by atoms with E-state index in [-0.39, 0.29) is 11.9 Å². The van der Waals surface area contributed by atoms with E-state index in [1.807, 2.05) is 22.6 Å². The quantitative estimate of drug-likeness (QED) is 0.161. The van der Waals surface area contributed by atoms with E-state index in [2.05, 4.69) is 4.74 Å². The van der Waals surface area contributed by atoms with Crippen molar-refractivity contribution in [1.29, 1.82) is 0 Å². The van der Waals surface area contributed by atoms with Crippen molar-refractivity contribution in [3.63, 3.8) is 0 Å². The predicted octanol–water partition coefficient (Wildman–Crippen LogP) is -2.49. The van der Waals surface area contributed by atoms with Crippen molar-refractivity contribution in [2.24, 2.45) is 0 Å². The van der Waals surface area contributed by atoms with Crippen LogP contribution < -0.4 is 21.2 Å². The number of ether oxygens (including phenoxy) is 1. The molecule has 1 heterocycles. The van der Waals surface area contributed by atoms with Crippen molar-refractivity contribution >= 4 is 32.5 Å². The number of carbonyl (C=O) groups is 2. The van der Waals surface area contributed by atoms with Gasteiger partial charge in [0.25, 0.3) is 0 Å². The summed E-state index contributed by atoms with van der Waals surface area (Å²) in [4.78, 5) is 20.6. The number of alkyl halides is 2. The number of esters is 1. The monoisotopic (exact) mass is 339 g/mol. The van der Waals surface area contributed by atoms with Crippen LogP contribution >= 0.6 is 22.6 Å². The number of cyclic esters (lactones) is 2. The summed E-state index contributed by atoms with van der Waals surface area (Å²) in [6, 6.07) is 0. The van der Waals surface area contributed by atoms with Gasteiger partial charge in [-0.2, -0.15) is 0 Å². The molecule has 0 N–H and O–H groups in total. The average Bonchev–Trinajstić information content (AvgIpc) is 1.85. The van der Waals surface area contributed by atoms with E-state index in [1.54, 1.807) is 0 Å². The maximum absolute atomic E-state index is 10.4. The summed E-state index contributed by atoms with van der Waals surface area (Å²) < 4.78 is 3.80. The van der Waals surface area contributed by atoms with E-state index in [0.29, 0.717) is 0 Å². The molecule has 0 spiro atoms. The number of hydrogen-bond acceptors (Lipinski definition) is 3. The van der Waals surface area contributed by atoms with E-state index in [0.717, 1.165) is 0 Å². The molecule has 1 saturated heterocycles. The molecule has 0 saturated carbocycles. The van der Waals surface area contributed by atoms with Crippen molar-refractivity contribution in [3.8, 4) is 0 Å². The summed E-state index contributed by atoms with van der Waals surface area (Å²) in [6.45, 7) is 0. The minimum atomic E-state index is -0.648. The molecule has 0 aromatic heterocycles. The zero-order valence-electron chi connectivity index (χ0n) is 3.56. The molecule has 0 aliphatic carbocycles. The fraction of sp³-hybridized carbons (Fsp3) is 0.333. The van der Waals surface area contributed by atoms with Crippen LogP contribution in [0, 0.1) is 0 Å². The van der Waals surface area contributed by atoms with Gasteiger partial charge in [0.1, 0.15) is 0 Å². The van der Waals surface area contributed by atoms with Gasteiger partial charge in [-0.15, -0.1) is 0 Å². The topological polar surface area (TPSA) is 43.4 Å². The van der Waals surface area contributed by atoms with Crippen LogP contribution in [0.4, 0.5) is 4.79 Å². The Kier molecular flexibility index (Phi) is 2.07. The predicted molar refractivity (Wildman–Crippen MR) is 29.3 cm³/mol. The van der Waals surface area contributed by atoms with E-state index in [4.69, 9.17) is 0 Å². The van der Waals surface area contributed by atoms with Crippen LogP contribution in [0.25, 0.3) is 0 Å². The van der Waals surface area contributed by atoms with Crippen molar-refractivity contribution in [3.05, 3.63) is 0 Å². The van der Waals surface area contributed by atoms with E-state index in [9.17, 15) is 9.59 Å². The zero-order valence-corrected chi connectivity index (χ0v) is 7.87. The summed E-state index contributed by atoms with van der Waals surface area (Å²) in [5, 5.41) is 0. The van der Waals surface area contributed by atoms with Gasteiger partial charge in [-0.25, -0.2) is 0 Å². The van der Waals surface area contributed by atoms with Gasteiger partial charge in [0.05, 0.1) is 0 Å². The molecule has 0 amide bonds. The Morgan fingerprint density at radius 1 is 1.62 bits per heavy atom. The van der Waals surface area contributed by atoms with Crippen LogP contribution in [0.3, 0.4) is 0 Å². The van der Waals surface area contributed by atoms with Gasteiger partial charge >= 0.3 is 70.0 Å². The Bertz CT molecular complexity index is 143. The van der Waals surface area contributed by atoms with Gasteiger partial charge in [-0.3, -0.25) is 0 Å². The first kappa shape index (κ1) is 6.72. The molecule has 1 aliphatic heterocycles. The molecule has 0 aromatic carbocycles. The van der Waals surface area contributed by atoms with Gasteiger partial charge in [-0.05, 0) is 0 Å². The molecule has 1 fully saturated rings. The molecular weight excluding hydrogens is 338 g/mol. The van der Waals surface area contributed by atoms with Crippen LogP contribution in [-0.2, 0) is 9.53 Å². The summed E-state index contributed by atoms with van der Waals surface area (Å²) in [7, 11) is 0. The number of carbonyl (C=O) groups excluding carboxylic acids is 2. The summed E-state index contributed by atoms with van der Waals surface area (Å²) in [5.41, 5.74) is 0. The first-order valence-electron chi connectivity index (χ1n) is 1.73. The Morgan fingerprint density at radius 2 is 2.25 bits per heavy atom. The van der Waals surface area contributed by atoms with E-state index in [1.165, 1.54) is 0 Å². The molecule has 3 nitrogen and oxygen atoms in total. The summed E-state index contributed by atoms with van der Waals surface area (Å²) in [6.07, 6.45) is 0. The third-order valence-corrected chi connectivity index (χ3v) is 4.42. The number of hydrogen-bond donors (Lipinski definition) is 0. The van der Waals surface area contributed by atoms with Crippen molar-refractivity contribution < 1.29 is 35.5 Å². The fourth-order valence-corrected chi connectivity index (χ4v) is 2.86. The van der Waals surface area contributed by atoms with Gasteiger partial charge in [0.15, 0.2) is 0 Å². The Hall–Kier alpha value is 0.600. The first-order valence-corrected chi connectivity index (χ1v) is 5.30. The summed E-state index contributed by atoms with van der Waals surface area (Å²) >= 11 is 1.28. The van der Waals surface area contributed by atoms with Crippen LogP contribution in [0.15, 0.2) is 0 Å². The zero-order chi connectivity index (χ0) is 6.15. The average molecular weight is 339 g/mol. The molecule has 1 atom stereocenters. The molecule has 1 unspecified atom stereocenters. The van der Waals surface area contributed by atoms with Gasteiger partial charge in [0.2, 0.25) is 0 Å². The molecule has 1 rings (SSSR count). The molecule has 0 radical (unpaired) electrons. The fourth-order valence-electron chi connectivity index (χ4n) is 0.269. The second-order valence-electron chi connectivity index (χ2n) is 1.07. The Morgan fingerprint density at radius 3 is 2.38 bits per heavy atom.